The molecule has 1 aliphatic carbocycles. The summed E-state index contributed by atoms with van der Waals surface area (Å²) in [6, 6.07) is 0.247. The van der Waals surface area contributed by atoms with Crippen molar-refractivity contribution in [3.05, 3.63) is 24.3 Å². The molecule has 1 fully saturated rings. The van der Waals surface area contributed by atoms with Crippen molar-refractivity contribution in [2.45, 2.75) is 51.6 Å². The minimum atomic E-state index is -0.105. The molecule has 0 aromatic heterocycles. The van der Waals surface area contributed by atoms with E-state index >= 15 is 0 Å². The van der Waals surface area contributed by atoms with Gasteiger partial charge in [0.15, 0.2) is 0 Å². The highest BCUT2D eigenvalue weighted by Crippen LogP contribution is 2.19. The molecule has 2 N–H and O–H groups in total. The third-order valence-electron chi connectivity index (χ3n) is 3.12. The smallest absolute Gasteiger partial charge is 0.246 e. The molecule has 1 rings (SSSR count). The van der Waals surface area contributed by atoms with E-state index in [2.05, 4.69) is 23.8 Å². The van der Waals surface area contributed by atoms with Gasteiger partial charge >= 0.3 is 0 Å². The van der Waals surface area contributed by atoms with Crippen LogP contribution in [0.5, 0.6) is 0 Å². The van der Waals surface area contributed by atoms with Crippen molar-refractivity contribution in [1.29, 1.82) is 0 Å². The van der Waals surface area contributed by atoms with Gasteiger partial charge in [0.25, 0.3) is 0 Å². The molecule has 2 unspecified atom stereocenters. The predicted octanol–water partition coefficient (Wildman–Crippen LogP) is 1.68. The van der Waals surface area contributed by atoms with Crippen LogP contribution in [-0.4, -0.2) is 23.9 Å². The average molecular weight is 250 g/mol. The standard InChI is InChI=1S/C14H22N2O2/c1-9(2)13(17)15-11-6-5-7-12(8-11)16-14(18)10(3)4/h11-12H,1,3,5-8H2,2,4H3,(H,15,17)(H,16,18). The van der Waals surface area contributed by atoms with Crippen LogP contribution in [0.3, 0.4) is 0 Å². The first-order chi connectivity index (χ1) is 8.40. The average Bonchev–Trinajstić information content (AvgIpc) is 2.29. The number of carbonyl (C=O) groups is 2. The molecule has 0 saturated heterocycles. The maximum absolute atomic E-state index is 11.5. The quantitative estimate of drug-likeness (QED) is 0.746. The van der Waals surface area contributed by atoms with Gasteiger partial charge in [0.2, 0.25) is 11.8 Å². The van der Waals surface area contributed by atoms with Gasteiger partial charge in [-0.1, -0.05) is 13.2 Å². The van der Waals surface area contributed by atoms with Crippen molar-refractivity contribution in [2.24, 2.45) is 0 Å². The second-order valence-electron chi connectivity index (χ2n) is 5.07. The lowest BCUT2D eigenvalue weighted by Gasteiger charge is -2.30. The van der Waals surface area contributed by atoms with Crippen molar-refractivity contribution in [2.75, 3.05) is 0 Å². The topological polar surface area (TPSA) is 58.2 Å². The number of carbonyl (C=O) groups excluding carboxylic acids is 2. The summed E-state index contributed by atoms with van der Waals surface area (Å²) in [6.45, 7) is 10.6. The van der Waals surface area contributed by atoms with Crippen LogP contribution in [0.1, 0.15) is 39.5 Å². The van der Waals surface area contributed by atoms with Gasteiger partial charge in [0, 0.05) is 23.2 Å². The highest BCUT2D eigenvalue weighted by atomic mass is 16.2. The highest BCUT2D eigenvalue weighted by Gasteiger charge is 2.24. The Kier molecular flexibility index (Phi) is 5.13. The fraction of sp³-hybridized carbons (Fsp3) is 0.571. The van der Waals surface area contributed by atoms with Crippen molar-refractivity contribution in [3.8, 4) is 0 Å². The first-order valence-corrected chi connectivity index (χ1v) is 6.33. The number of rotatable bonds is 4. The van der Waals surface area contributed by atoms with Gasteiger partial charge < -0.3 is 10.6 Å². The highest BCUT2D eigenvalue weighted by molar-refractivity contribution is 5.93. The Labute approximate surface area is 109 Å². The van der Waals surface area contributed by atoms with E-state index in [-0.39, 0.29) is 23.9 Å². The first-order valence-electron chi connectivity index (χ1n) is 6.33. The molecule has 4 heteroatoms. The van der Waals surface area contributed by atoms with Crippen LogP contribution in [-0.2, 0) is 9.59 Å². The van der Waals surface area contributed by atoms with Crippen molar-refractivity contribution >= 4 is 11.8 Å². The van der Waals surface area contributed by atoms with E-state index in [0.717, 1.165) is 25.7 Å². The van der Waals surface area contributed by atoms with Gasteiger partial charge in [0.05, 0.1) is 0 Å². The molecule has 2 amide bonds. The Morgan fingerprint density at radius 1 is 0.944 bits per heavy atom. The summed E-state index contributed by atoms with van der Waals surface area (Å²) >= 11 is 0. The largest absolute Gasteiger partial charge is 0.350 e. The van der Waals surface area contributed by atoms with Crippen LogP contribution in [0.4, 0.5) is 0 Å². The molecule has 0 aliphatic heterocycles. The van der Waals surface area contributed by atoms with E-state index in [4.69, 9.17) is 0 Å². The summed E-state index contributed by atoms with van der Waals surface area (Å²) in [5, 5.41) is 5.88. The zero-order valence-electron chi connectivity index (χ0n) is 11.2. The van der Waals surface area contributed by atoms with Crippen molar-refractivity contribution < 1.29 is 9.59 Å². The summed E-state index contributed by atoms with van der Waals surface area (Å²) in [4.78, 5) is 23.1. The molecule has 1 saturated carbocycles. The molecule has 0 radical (unpaired) electrons. The summed E-state index contributed by atoms with van der Waals surface area (Å²) in [7, 11) is 0. The Hall–Kier alpha value is -1.58. The summed E-state index contributed by atoms with van der Waals surface area (Å²) in [6.07, 6.45) is 3.69. The van der Waals surface area contributed by atoms with Crippen LogP contribution in [0.15, 0.2) is 24.3 Å². The Morgan fingerprint density at radius 2 is 1.33 bits per heavy atom. The SMILES string of the molecule is C=C(C)C(=O)NC1CCCC(NC(=O)C(=C)C)C1. The molecule has 2 atom stereocenters. The fourth-order valence-electron chi connectivity index (χ4n) is 2.07. The van der Waals surface area contributed by atoms with Gasteiger partial charge in [-0.25, -0.2) is 0 Å². The van der Waals surface area contributed by atoms with E-state index < -0.39 is 0 Å². The van der Waals surface area contributed by atoms with Gasteiger partial charge in [0.1, 0.15) is 0 Å². The second-order valence-corrected chi connectivity index (χ2v) is 5.07. The van der Waals surface area contributed by atoms with Crippen molar-refractivity contribution in [1.82, 2.24) is 10.6 Å². The molecule has 0 spiro atoms. The van der Waals surface area contributed by atoms with Gasteiger partial charge in [-0.3, -0.25) is 9.59 Å². The molecule has 0 aromatic carbocycles. The van der Waals surface area contributed by atoms with Gasteiger partial charge in [-0.15, -0.1) is 0 Å². The van der Waals surface area contributed by atoms with E-state index in [1.165, 1.54) is 0 Å². The summed E-state index contributed by atoms with van der Waals surface area (Å²) < 4.78 is 0. The molecule has 1 aliphatic rings. The van der Waals surface area contributed by atoms with Gasteiger partial charge in [-0.05, 0) is 39.5 Å². The Morgan fingerprint density at radius 3 is 1.67 bits per heavy atom. The van der Waals surface area contributed by atoms with Crippen LogP contribution >= 0.6 is 0 Å². The molecule has 0 heterocycles. The zero-order chi connectivity index (χ0) is 13.7. The lowest BCUT2D eigenvalue weighted by atomic mass is 9.90. The monoisotopic (exact) mass is 250 g/mol. The molecule has 0 aromatic rings. The lowest BCUT2D eigenvalue weighted by molar-refractivity contribution is -0.118. The Balaban J connectivity index is 2.46. The van der Waals surface area contributed by atoms with Crippen LogP contribution in [0.2, 0.25) is 0 Å². The molecule has 4 nitrogen and oxygen atoms in total. The number of hydrogen-bond donors (Lipinski definition) is 2. The molecular weight excluding hydrogens is 228 g/mol. The van der Waals surface area contributed by atoms with Crippen LogP contribution in [0.25, 0.3) is 0 Å². The first kappa shape index (κ1) is 14.5. The third-order valence-corrected chi connectivity index (χ3v) is 3.12. The third kappa shape index (κ3) is 4.35. The van der Waals surface area contributed by atoms with Crippen LogP contribution < -0.4 is 10.6 Å². The van der Waals surface area contributed by atoms with Gasteiger partial charge in [-0.2, -0.15) is 0 Å². The number of amides is 2. The normalized spacial score (nSPS) is 23.0. The predicted molar refractivity (Wildman–Crippen MR) is 72.0 cm³/mol. The lowest BCUT2D eigenvalue weighted by Crippen LogP contribution is -2.46. The minimum absolute atomic E-state index is 0.105. The minimum Gasteiger partial charge on any atom is -0.350 e. The molecular formula is C14H22N2O2. The van der Waals surface area contributed by atoms with E-state index in [1.807, 2.05) is 0 Å². The van der Waals surface area contributed by atoms with Crippen molar-refractivity contribution in [3.63, 3.8) is 0 Å². The number of nitrogens with one attached hydrogen (secondary N) is 2. The van der Waals surface area contributed by atoms with E-state index in [0.29, 0.717) is 11.1 Å². The zero-order valence-corrected chi connectivity index (χ0v) is 11.2. The Bertz CT molecular complexity index is 340. The second kappa shape index (κ2) is 6.38. The fourth-order valence-corrected chi connectivity index (χ4v) is 2.07. The van der Waals surface area contributed by atoms with Crippen LogP contribution in [0, 0.1) is 0 Å². The summed E-state index contributed by atoms with van der Waals surface area (Å²) in [5.41, 5.74) is 1.03. The molecule has 0 bridgehead atoms. The maximum atomic E-state index is 11.5. The van der Waals surface area contributed by atoms with E-state index in [1.54, 1.807) is 13.8 Å². The molecule has 100 valence electrons. The molecule has 18 heavy (non-hydrogen) atoms. The van der Waals surface area contributed by atoms with E-state index in [9.17, 15) is 9.59 Å². The summed E-state index contributed by atoms with van der Waals surface area (Å²) in [5.74, 6) is -0.209. The maximum Gasteiger partial charge on any atom is 0.246 e. The number of hydrogen-bond acceptors (Lipinski definition) is 2.